The lowest BCUT2D eigenvalue weighted by molar-refractivity contribution is 0.270. The van der Waals surface area contributed by atoms with Crippen molar-refractivity contribution in [2.24, 2.45) is 5.10 Å². The van der Waals surface area contributed by atoms with Crippen LogP contribution in [0.3, 0.4) is 0 Å². The molecule has 2 aromatic carbocycles. The number of aromatic nitrogens is 2. The van der Waals surface area contributed by atoms with E-state index in [0.717, 1.165) is 34.5 Å². The average molecular weight is 437 g/mol. The van der Waals surface area contributed by atoms with Crippen molar-refractivity contribution in [2.75, 3.05) is 18.6 Å². The van der Waals surface area contributed by atoms with Crippen molar-refractivity contribution in [2.45, 2.75) is 65.7 Å². The monoisotopic (exact) mass is 436 g/mol. The van der Waals surface area contributed by atoms with Crippen LogP contribution in [-0.4, -0.2) is 29.4 Å². The SMILES string of the molecule is CCCCCCCCCOc1ccc(/C=N\Nc2nc3ccc(C)cc3[nH]2)cc1OCC. The predicted octanol–water partition coefficient (Wildman–Crippen LogP) is 6.85. The summed E-state index contributed by atoms with van der Waals surface area (Å²) in [6, 6.07) is 12.0. The van der Waals surface area contributed by atoms with Crippen LogP contribution in [0, 0.1) is 6.92 Å². The minimum atomic E-state index is 0.588. The molecule has 1 aromatic heterocycles. The summed E-state index contributed by atoms with van der Waals surface area (Å²) < 4.78 is 11.8. The van der Waals surface area contributed by atoms with Crippen molar-refractivity contribution in [1.82, 2.24) is 9.97 Å². The van der Waals surface area contributed by atoms with E-state index in [1.807, 2.05) is 37.3 Å². The second-order valence-corrected chi connectivity index (χ2v) is 8.08. The van der Waals surface area contributed by atoms with Gasteiger partial charge < -0.3 is 14.5 Å². The van der Waals surface area contributed by atoms with Gasteiger partial charge in [0.15, 0.2) is 11.5 Å². The zero-order valence-corrected chi connectivity index (χ0v) is 19.6. The van der Waals surface area contributed by atoms with Crippen LogP contribution >= 0.6 is 0 Å². The van der Waals surface area contributed by atoms with Crippen molar-refractivity contribution in [3.63, 3.8) is 0 Å². The molecule has 0 unspecified atom stereocenters. The van der Waals surface area contributed by atoms with Gasteiger partial charge in [-0.2, -0.15) is 5.10 Å². The van der Waals surface area contributed by atoms with Crippen LogP contribution in [0.25, 0.3) is 11.0 Å². The van der Waals surface area contributed by atoms with Gasteiger partial charge in [0.1, 0.15) is 0 Å². The first-order chi connectivity index (χ1) is 15.7. The fraction of sp³-hybridized carbons (Fsp3) is 0.462. The zero-order valence-electron chi connectivity index (χ0n) is 19.6. The summed E-state index contributed by atoms with van der Waals surface area (Å²) in [5.41, 5.74) is 6.98. The highest BCUT2D eigenvalue weighted by Crippen LogP contribution is 2.28. The number of nitrogens with one attached hydrogen (secondary N) is 2. The normalized spacial score (nSPS) is 11.3. The number of hydrogen-bond acceptors (Lipinski definition) is 5. The van der Waals surface area contributed by atoms with Crippen LogP contribution in [0.15, 0.2) is 41.5 Å². The van der Waals surface area contributed by atoms with Gasteiger partial charge in [0.05, 0.1) is 30.5 Å². The number of ether oxygens (including phenoxy) is 2. The molecule has 3 rings (SSSR count). The number of H-pyrrole nitrogens is 1. The van der Waals surface area contributed by atoms with Gasteiger partial charge in [0.25, 0.3) is 0 Å². The van der Waals surface area contributed by atoms with E-state index in [-0.39, 0.29) is 0 Å². The lowest BCUT2D eigenvalue weighted by Gasteiger charge is -2.12. The highest BCUT2D eigenvalue weighted by Gasteiger charge is 2.06. The molecular formula is C26H36N4O2. The molecule has 32 heavy (non-hydrogen) atoms. The summed E-state index contributed by atoms with van der Waals surface area (Å²) in [6.45, 7) is 7.59. The Morgan fingerprint density at radius 3 is 2.56 bits per heavy atom. The Hall–Kier alpha value is -3.02. The average Bonchev–Trinajstić information content (AvgIpc) is 3.19. The Kier molecular flexibility index (Phi) is 9.41. The summed E-state index contributed by atoms with van der Waals surface area (Å²) in [5.74, 6) is 2.15. The Bertz CT molecular complexity index is 997. The minimum absolute atomic E-state index is 0.588. The maximum Gasteiger partial charge on any atom is 0.222 e. The minimum Gasteiger partial charge on any atom is -0.490 e. The maximum absolute atomic E-state index is 5.99. The molecule has 0 aliphatic carbocycles. The summed E-state index contributed by atoms with van der Waals surface area (Å²) >= 11 is 0. The highest BCUT2D eigenvalue weighted by atomic mass is 16.5. The van der Waals surface area contributed by atoms with Gasteiger partial charge in [-0.15, -0.1) is 0 Å². The van der Waals surface area contributed by atoms with Crippen molar-refractivity contribution >= 4 is 23.2 Å². The molecule has 0 radical (unpaired) electrons. The van der Waals surface area contributed by atoms with Gasteiger partial charge >= 0.3 is 0 Å². The first kappa shape index (κ1) is 23.6. The lowest BCUT2D eigenvalue weighted by Crippen LogP contribution is -2.02. The fourth-order valence-electron chi connectivity index (χ4n) is 3.58. The first-order valence-electron chi connectivity index (χ1n) is 11.8. The van der Waals surface area contributed by atoms with Gasteiger partial charge in [-0.05, 0) is 61.7 Å². The molecule has 0 aliphatic rings. The summed E-state index contributed by atoms with van der Waals surface area (Å²) in [7, 11) is 0. The number of imidazole rings is 1. The number of unbranched alkanes of at least 4 members (excludes halogenated alkanes) is 6. The smallest absolute Gasteiger partial charge is 0.222 e. The van der Waals surface area contributed by atoms with Crippen LogP contribution in [0.5, 0.6) is 11.5 Å². The Labute approximate surface area is 191 Å². The Morgan fingerprint density at radius 1 is 0.938 bits per heavy atom. The van der Waals surface area contributed by atoms with E-state index in [9.17, 15) is 0 Å². The molecule has 0 saturated carbocycles. The van der Waals surface area contributed by atoms with Crippen molar-refractivity contribution in [3.05, 3.63) is 47.5 Å². The standard InChI is InChI=1S/C26H36N4O2/c1-4-6-7-8-9-10-11-16-32-24-15-13-21(18-25(24)31-5-2)19-27-30-26-28-22-14-12-20(3)17-23(22)29-26/h12-15,17-19H,4-11,16H2,1-3H3,(H2,28,29,30)/b27-19-. The molecule has 172 valence electrons. The van der Waals surface area contributed by atoms with E-state index >= 15 is 0 Å². The third-order valence-corrected chi connectivity index (χ3v) is 5.29. The Morgan fingerprint density at radius 2 is 1.75 bits per heavy atom. The summed E-state index contributed by atoms with van der Waals surface area (Å²) in [6.07, 6.45) is 10.6. The number of aromatic amines is 1. The lowest BCUT2D eigenvalue weighted by atomic mass is 10.1. The number of benzene rings is 2. The zero-order chi connectivity index (χ0) is 22.6. The number of aryl methyl sites for hydroxylation is 1. The van der Waals surface area contributed by atoms with E-state index < -0.39 is 0 Å². The van der Waals surface area contributed by atoms with E-state index in [0.29, 0.717) is 19.2 Å². The number of hydrogen-bond donors (Lipinski definition) is 2. The molecular weight excluding hydrogens is 400 g/mol. The molecule has 0 amide bonds. The number of rotatable bonds is 14. The Balaban J connectivity index is 1.51. The van der Waals surface area contributed by atoms with Gasteiger partial charge in [-0.3, -0.25) is 0 Å². The highest BCUT2D eigenvalue weighted by molar-refractivity contribution is 5.82. The number of fused-ring (bicyclic) bond motifs is 1. The van der Waals surface area contributed by atoms with Gasteiger partial charge in [-0.1, -0.05) is 51.5 Å². The fourth-order valence-corrected chi connectivity index (χ4v) is 3.58. The van der Waals surface area contributed by atoms with Gasteiger partial charge in [0.2, 0.25) is 5.95 Å². The molecule has 2 N–H and O–H groups in total. The molecule has 0 saturated heterocycles. The molecule has 6 nitrogen and oxygen atoms in total. The van der Waals surface area contributed by atoms with Crippen molar-refractivity contribution in [3.8, 4) is 11.5 Å². The van der Waals surface area contributed by atoms with Crippen LogP contribution in [-0.2, 0) is 0 Å². The van der Waals surface area contributed by atoms with Crippen LogP contribution in [0.4, 0.5) is 5.95 Å². The third kappa shape index (κ3) is 7.29. The van der Waals surface area contributed by atoms with E-state index in [2.05, 4.69) is 40.4 Å². The number of nitrogens with zero attached hydrogens (tertiary/aromatic N) is 2. The molecule has 6 heteroatoms. The van der Waals surface area contributed by atoms with Crippen LogP contribution < -0.4 is 14.9 Å². The third-order valence-electron chi connectivity index (χ3n) is 5.29. The number of hydrazone groups is 1. The van der Waals surface area contributed by atoms with E-state index in [4.69, 9.17) is 9.47 Å². The molecule has 0 atom stereocenters. The van der Waals surface area contributed by atoms with Crippen molar-refractivity contribution < 1.29 is 9.47 Å². The second-order valence-electron chi connectivity index (χ2n) is 8.08. The molecule has 0 spiro atoms. The first-order valence-corrected chi connectivity index (χ1v) is 11.8. The van der Waals surface area contributed by atoms with Crippen LogP contribution in [0.2, 0.25) is 0 Å². The predicted molar refractivity (Wildman–Crippen MR) is 133 cm³/mol. The van der Waals surface area contributed by atoms with Crippen LogP contribution in [0.1, 0.15) is 69.9 Å². The van der Waals surface area contributed by atoms with Gasteiger partial charge in [0, 0.05) is 0 Å². The second kappa shape index (κ2) is 12.7. The molecule has 1 heterocycles. The molecule has 0 bridgehead atoms. The van der Waals surface area contributed by atoms with Crippen molar-refractivity contribution in [1.29, 1.82) is 0 Å². The van der Waals surface area contributed by atoms with E-state index in [1.165, 1.54) is 44.1 Å². The largest absolute Gasteiger partial charge is 0.490 e. The number of anilines is 1. The summed E-state index contributed by atoms with van der Waals surface area (Å²) in [5, 5.41) is 4.31. The topological polar surface area (TPSA) is 71.5 Å². The summed E-state index contributed by atoms with van der Waals surface area (Å²) in [4.78, 5) is 7.72. The molecule has 0 aliphatic heterocycles. The molecule has 0 fully saturated rings. The maximum atomic E-state index is 5.99. The molecule has 3 aromatic rings. The van der Waals surface area contributed by atoms with E-state index in [1.54, 1.807) is 6.21 Å². The quantitative estimate of drug-likeness (QED) is 0.165. The van der Waals surface area contributed by atoms with Gasteiger partial charge in [-0.25, -0.2) is 10.4 Å².